The van der Waals surface area contributed by atoms with Crippen molar-refractivity contribution in [2.75, 3.05) is 12.1 Å². The van der Waals surface area contributed by atoms with Gasteiger partial charge in [0.1, 0.15) is 11.6 Å². The highest BCUT2D eigenvalue weighted by molar-refractivity contribution is 6.07. The van der Waals surface area contributed by atoms with E-state index in [9.17, 15) is 10.1 Å². The topological polar surface area (TPSA) is 83.4 Å². The molecule has 0 saturated heterocycles. The number of nitriles is 1. The van der Waals surface area contributed by atoms with E-state index in [0.29, 0.717) is 12.3 Å². The second kappa shape index (κ2) is 8.49. The molecule has 2 aromatic rings. The molecule has 1 aliphatic rings. The molecule has 1 heterocycles. The van der Waals surface area contributed by atoms with E-state index in [2.05, 4.69) is 24.5 Å². The Bertz CT molecular complexity index is 958. The van der Waals surface area contributed by atoms with Gasteiger partial charge in [-0.2, -0.15) is 5.26 Å². The molecule has 6 heteroatoms. The summed E-state index contributed by atoms with van der Waals surface area (Å²) in [5, 5.41) is 15.3. The van der Waals surface area contributed by atoms with Crippen LogP contribution in [0.4, 0.5) is 5.69 Å². The Morgan fingerprint density at radius 1 is 1.25 bits per heavy atom. The Morgan fingerprint density at radius 2 is 2.04 bits per heavy atom. The predicted octanol–water partition coefficient (Wildman–Crippen LogP) is 3.98. The first kappa shape index (κ1) is 19.3. The minimum Gasteiger partial charge on any atom is -0.454 e. The molecule has 144 valence electrons. The van der Waals surface area contributed by atoms with Crippen molar-refractivity contribution in [2.24, 2.45) is 0 Å². The van der Waals surface area contributed by atoms with Gasteiger partial charge in [0.2, 0.25) is 6.79 Å². The number of amides is 1. The SMILES string of the molecule is Cc1cccc(C(C)C)c1NC(=O)/C(C#N)=C\NCc1ccc2c(c1)OCO2. The van der Waals surface area contributed by atoms with Crippen LogP contribution in [0.5, 0.6) is 11.5 Å². The van der Waals surface area contributed by atoms with Crippen LogP contribution in [0.3, 0.4) is 0 Å². The first-order valence-corrected chi connectivity index (χ1v) is 9.12. The number of para-hydroxylation sites is 1. The number of aryl methyl sites for hydroxylation is 1. The molecule has 0 radical (unpaired) electrons. The number of carbonyl (C=O) groups is 1. The summed E-state index contributed by atoms with van der Waals surface area (Å²) >= 11 is 0. The number of nitrogens with one attached hydrogen (secondary N) is 2. The molecule has 0 spiro atoms. The maximum absolute atomic E-state index is 12.6. The van der Waals surface area contributed by atoms with Crippen molar-refractivity contribution in [3.63, 3.8) is 0 Å². The number of nitrogens with zero attached hydrogens (tertiary/aromatic N) is 1. The molecule has 3 rings (SSSR count). The number of benzene rings is 2. The van der Waals surface area contributed by atoms with Gasteiger partial charge >= 0.3 is 0 Å². The molecule has 0 unspecified atom stereocenters. The van der Waals surface area contributed by atoms with Gasteiger partial charge in [-0.3, -0.25) is 4.79 Å². The van der Waals surface area contributed by atoms with Gasteiger partial charge in [-0.15, -0.1) is 0 Å². The molecule has 2 N–H and O–H groups in total. The number of rotatable bonds is 6. The van der Waals surface area contributed by atoms with Gasteiger partial charge in [0.05, 0.1) is 0 Å². The Labute approximate surface area is 164 Å². The van der Waals surface area contributed by atoms with Gasteiger partial charge in [-0.1, -0.05) is 38.1 Å². The number of hydrogen-bond donors (Lipinski definition) is 2. The lowest BCUT2D eigenvalue weighted by molar-refractivity contribution is -0.112. The second-order valence-electron chi connectivity index (χ2n) is 6.89. The maximum atomic E-state index is 12.6. The molecule has 2 aromatic carbocycles. The fourth-order valence-electron chi connectivity index (χ4n) is 2.99. The lowest BCUT2D eigenvalue weighted by Gasteiger charge is -2.16. The standard InChI is InChI=1S/C22H23N3O3/c1-14(2)18-6-4-5-15(3)21(18)25-22(26)17(10-23)12-24-11-16-7-8-19-20(9-16)28-13-27-19/h4-9,12,14,24H,11,13H2,1-3H3,(H,25,26)/b17-12-. The molecular formula is C22H23N3O3. The van der Waals surface area contributed by atoms with E-state index in [1.54, 1.807) is 0 Å². The molecule has 0 bridgehead atoms. The summed E-state index contributed by atoms with van der Waals surface area (Å²) in [5.41, 5.74) is 3.74. The molecule has 0 fully saturated rings. The number of hydrogen-bond acceptors (Lipinski definition) is 5. The molecule has 1 amide bonds. The van der Waals surface area contributed by atoms with Crippen molar-refractivity contribution in [2.45, 2.75) is 33.2 Å². The highest BCUT2D eigenvalue weighted by atomic mass is 16.7. The normalized spacial score (nSPS) is 12.6. The summed E-state index contributed by atoms with van der Waals surface area (Å²) in [5.74, 6) is 1.24. The first-order valence-electron chi connectivity index (χ1n) is 9.12. The van der Waals surface area contributed by atoms with Crippen LogP contribution in [-0.2, 0) is 11.3 Å². The maximum Gasteiger partial charge on any atom is 0.267 e. The summed E-state index contributed by atoms with van der Waals surface area (Å²) in [6.45, 7) is 6.75. The first-order chi connectivity index (χ1) is 13.5. The van der Waals surface area contributed by atoms with E-state index in [0.717, 1.165) is 28.1 Å². The fourth-order valence-corrected chi connectivity index (χ4v) is 2.99. The van der Waals surface area contributed by atoms with E-state index in [-0.39, 0.29) is 18.3 Å². The summed E-state index contributed by atoms with van der Waals surface area (Å²) in [6, 6.07) is 13.5. The van der Waals surface area contributed by atoms with Crippen molar-refractivity contribution in [3.05, 3.63) is 64.9 Å². The van der Waals surface area contributed by atoms with Crippen LogP contribution in [0, 0.1) is 18.3 Å². The van der Waals surface area contributed by atoms with Gasteiger partial charge in [0.25, 0.3) is 5.91 Å². The second-order valence-corrected chi connectivity index (χ2v) is 6.89. The quantitative estimate of drug-likeness (QED) is 0.588. The summed E-state index contributed by atoms with van der Waals surface area (Å²) in [7, 11) is 0. The average molecular weight is 377 g/mol. The highest BCUT2D eigenvalue weighted by Crippen LogP contribution is 2.32. The molecule has 0 aliphatic carbocycles. The average Bonchev–Trinajstić information content (AvgIpc) is 3.14. The Morgan fingerprint density at radius 3 is 2.79 bits per heavy atom. The predicted molar refractivity (Wildman–Crippen MR) is 107 cm³/mol. The third-order valence-electron chi connectivity index (χ3n) is 4.52. The van der Waals surface area contributed by atoms with Crippen LogP contribution in [0.2, 0.25) is 0 Å². The number of fused-ring (bicyclic) bond motifs is 1. The van der Waals surface area contributed by atoms with E-state index < -0.39 is 5.91 Å². The van der Waals surface area contributed by atoms with Crippen molar-refractivity contribution >= 4 is 11.6 Å². The Kier molecular flexibility index (Phi) is 5.85. The zero-order valence-electron chi connectivity index (χ0n) is 16.2. The molecule has 1 aliphatic heterocycles. The Balaban J connectivity index is 1.68. The lowest BCUT2D eigenvalue weighted by atomic mass is 9.98. The van der Waals surface area contributed by atoms with Crippen LogP contribution in [0.25, 0.3) is 0 Å². The Hall–Kier alpha value is -3.46. The van der Waals surface area contributed by atoms with Crippen LogP contribution in [-0.4, -0.2) is 12.7 Å². The largest absolute Gasteiger partial charge is 0.454 e. The number of carbonyl (C=O) groups excluding carboxylic acids is 1. The highest BCUT2D eigenvalue weighted by Gasteiger charge is 2.16. The summed E-state index contributed by atoms with van der Waals surface area (Å²) in [6.07, 6.45) is 1.44. The third kappa shape index (κ3) is 4.26. The van der Waals surface area contributed by atoms with E-state index in [1.165, 1.54) is 6.20 Å². The minimum absolute atomic E-state index is 0.0127. The van der Waals surface area contributed by atoms with Gasteiger partial charge in [-0.05, 0) is 41.7 Å². The zero-order chi connectivity index (χ0) is 20.1. The number of ether oxygens (including phenoxy) is 2. The van der Waals surface area contributed by atoms with E-state index in [4.69, 9.17) is 9.47 Å². The molecule has 0 aromatic heterocycles. The zero-order valence-corrected chi connectivity index (χ0v) is 16.2. The molecule has 28 heavy (non-hydrogen) atoms. The monoisotopic (exact) mass is 377 g/mol. The number of anilines is 1. The molecular weight excluding hydrogens is 354 g/mol. The minimum atomic E-state index is -0.433. The van der Waals surface area contributed by atoms with E-state index in [1.807, 2.05) is 49.4 Å². The van der Waals surface area contributed by atoms with Crippen LogP contribution >= 0.6 is 0 Å². The molecule has 0 saturated carbocycles. The van der Waals surface area contributed by atoms with Crippen molar-refractivity contribution < 1.29 is 14.3 Å². The molecule has 6 nitrogen and oxygen atoms in total. The van der Waals surface area contributed by atoms with Crippen molar-refractivity contribution in [1.82, 2.24) is 5.32 Å². The lowest BCUT2D eigenvalue weighted by Crippen LogP contribution is -2.18. The van der Waals surface area contributed by atoms with E-state index >= 15 is 0 Å². The van der Waals surface area contributed by atoms with Crippen molar-refractivity contribution in [1.29, 1.82) is 5.26 Å². The van der Waals surface area contributed by atoms with Gasteiger partial charge < -0.3 is 20.1 Å². The third-order valence-corrected chi connectivity index (χ3v) is 4.52. The fraction of sp³-hybridized carbons (Fsp3) is 0.273. The summed E-state index contributed by atoms with van der Waals surface area (Å²) in [4.78, 5) is 12.6. The summed E-state index contributed by atoms with van der Waals surface area (Å²) < 4.78 is 10.6. The molecule has 0 atom stereocenters. The van der Waals surface area contributed by atoms with Crippen LogP contribution in [0.1, 0.15) is 36.5 Å². The van der Waals surface area contributed by atoms with Crippen LogP contribution in [0.15, 0.2) is 48.2 Å². The van der Waals surface area contributed by atoms with Gasteiger partial charge in [0, 0.05) is 18.4 Å². The van der Waals surface area contributed by atoms with Gasteiger partial charge in [-0.25, -0.2) is 0 Å². The van der Waals surface area contributed by atoms with Crippen molar-refractivity contribution in [3.8, 4) is 17.6 Å². The smallest absolute Gasteiger partial charge is 0.267 e. The van der Waals surface area contributed by atoms with Gasteiger partial charge in [0.15, 0.2) is 11.5 Å². The van der Waals surface area contributed by atoms with Crippen LogP contribution < -0.4 is 20.1 Å².